The number of aromatic nitrogens is 2. The Morgan fingerprint density at radius 3 is 1.11 bits per heavy atom. The fourth-order valence-electron chi connectivity index (χ4n) is 11.4. The van der Waals surface area contributed by atoms with Crippen molar-refractivity contribution in [2.24, 2.45) is 0 Å². The first-order chi connectivity index (χ1) is 34.1. The molecule has 4 aromatic heterocycles. The van der Waals surface area contributed by atoms with Gasteiger partial charge in [0.2, 0.25) is 0 Å². The van der Waals surface area contributed by atoms with Crippen molar-refractivity contribution in [1.82, 2.24) is 9.13 Å². The van der Waals surface area contributed by atoms with Crippen LogP contribution in [0.15, 0.2) is 148 Å². The third-order valence-corrected chi connectivity index (χ3v) is 15.7. The van der Waals surface area contributed by atoms with Gasteiger partial charge in [0, 0.05) is 54.5 Å². The van der Waals surface area contributed by atoms with E-state index in [-0.39, 0.29) is 21.7 Å². The molecular weight excluding hydrogens is 879 g/mol. The van der Waals surface area contributed by atoms with E-state index in [1.807, 2.05) is 6.07 Å². The summed E-state index contributed by atoms with van der Waals surface area (Å²) in [6, 6.07) is 52.0. The molecule has 0 saturated carbocycles. The molecule has 0 fully saturated rings. The summed E-state index contributed by atoms with van der Waals surface area (Å²) in [7, 11) is 0. The fraction of sp³-hybridized carbons (Fsp3) is 0.239. The lowest BCUT2D eigenvalue weighted by Gasteiger charge is -2.19. The van der Waals surface area contributed by atoms with Crippen LogP contribution in [0.5, 0.6) is 0 Å². The predicted octanol–water partition coefficient (Wildman–Crippen LogP) is 19.7. The van der Waals surface area contributed by atoms with Gasteiger partial charge in [-0.3, -0.25) is 0 Å². The van der Waals surface area contributed by atoms with Gasteiger partial charge < -0.3 is 18.0 Å². The van der Waals surface area contributed by atoms with Gasteiger partial charge in [0.05, 0.1) is 28.6 Å². The van der Waals surface area contributed by atoms with Gasteiger partial charge in [0.25, 0.3) is 0 Å². The molecule has 0 aliphatic heterocycles. The number of hydrogen-bond donors (Lipinski definition) is 0. The Labute approximate surface area is 420 Å². The maximum Gasteiger partial charge on any atom is 0.199 e. The van der Waals surface area contributed by atoms with Gasteiger partial charge in [-0.05, 0) is 169 Å². The largest absolute Gasteiger partial charge is 0.453 e. The van der Waals surface area contributed by atoms with Crippen molar-refractivity contribution in [1.29, 1.82) is 0 Å². The minimum atomic E-state index is 0.0223. The van der Waals surface area contributed by atoms with Crippen LogP contribution in [0.2, 0.25) is 0 Å². The number of rotatable bonds is 2. The smallest absolute Gasteiger partial charge is 0.199 e. The summed E-state index contributed by atoms with van der Waals surface area (Å²) in [6.45, 7) is 35.8. The van der Waals surface area contributed by atoms with Crippen LogP contribution in [0.1, 0.15) is 105 Å². The molecule has 5 nitrogen and oxygen atoms in total. The SMILES string of the molecule is [C-]#[N+]c1cc2c3cc4ccc(-n5c6ccc(C(C)(C)C)cc6c6cc(C(C)(C)C)ccc65)cc4cc3oc2c2oc3cc4cc(-n5c6ccc(C(C)(C)C)cc6c6cc(C(C)(C)C)ccc65)ccc4cc3c12. The molecule has 0 aliphatic carbocycles. The maximum atomic E-state index is 8.44. The van der Waals surface area contributed by atoms with Crippen LogP contribution in [0.4, 0.5) is 5.69 Å². The van der Waals surface area contributed by atoms with Gasteiger partial charge in [-0.1, -0.05) is 119 Å². The van der Waals surface area contributed by atoms with Gasteiger partial charge >= 0.3 is 0 Å². The normalized spacial score (nSPS) is 13.3. The summed E-state index contributed by atoms with van der Waals surface area (Å²) >= 11 is 0. The van der Waals surface area contributed by atoms with Crippen LogP contribution in [-0.2, 0) is 21.7 Å². The van der Waals surface area contributed by atoms with E-state index in [1.165, 1.54) is 65.9 Å². The number of hydrogen-bond acceptors (Lipinski definition) is 2. The molecule has 0 aliphatic rings. The summed E-state index contributed by atoms with van der Waals surface area (Å²) in [5, 5.41) is 12.9. The van der Waals surface area contributed by atoms with Crippen LogP contribution in [0.25, 0.3) is 125 Å². The molecule has 4 heterocycles. The highest BCUT2D eigenvalue weighted by molar-refractivity contribution is 6.26. The van der Waals surface area contributed by atoms with Crippen molar-refractivity contribution < 1.29 is 8.83 Å². The minimum Gasteiger partial charge on any atom is -0.453 e. The highest BCUT2D eigenvalue weighted by Crippen LogP contribution is 2.47. The lowest BCUT2D eigenvalue weighted by molar-refractivity contribution is 0.590. The Hall–Kier alpha value is -7.81. The van der Waals surface area contributed by atoms with E-state index in [0.29, 0.717) is 16.9 Å². The van der Waals surface area contributed by atoms with Gasteiger partial charge in [0.1, 0.15) is 11.2 Å². The molecule has 13 rings (SSSR count). The van der Waals surface area contributed by atoms with E-state index in [2.05, 4.69) is 231 Å². The Balaban J connectivity index is 0.961. The van der Waals surface area contributed by atoms with Crippen molar-refractivity contribution in [3.05, 3.63) is 173 Å². The zero-order valence-electron chi connectivity index (χ0n) is 43.4. The summed E-state index contributed by atoms with van der Waals surface area (Å²) in [6.07, 6.45) is 0. The Bertz CT molecular complexity index is 4400. The molecule has 0 N–H and O–H groups in total. The summed E-state index contributed by atoms with van der Waals surface area (Å²) < 4.78 is 18.5. The molecule has 9 aromatic carbocycles. The number of benzene rings is 9. The molecule has 72 heavy (non-hydrogen) atoms. The van der Waals surface area contributed by atoms with Gasteiger partial charge in [0.15, 0.2) is 16.9 Å². The zero-order valence-corrected chi connectivity index (χ0v) is 43.4. The van der Waals surface area contributed by atoms with E-state index in [4.69, 9.17) is 15.4 Å². The minimum absolute atomic E-state index is 0.0223. The van der Waals surface area contributed by atoms with Crippen molar-refractivity contribution in [2.75, 3.05) is 0 Å². The second kappa shape index (κ2) is 14.6. The van der Waals surface area contributed by atoms with Crippen LogP contribution in [0.3, 0.4) is 0 Å². The van der Waals surface area contributed by atoms with Gasteiger partial charge in [-0.15, -0.1) is 0 Å². The molecule has 5 heteroatoms. The van der Waals surface area contributed by atoms with E-state index in [9.17, 15) is 0 Å². The predicted molar refractivity (Wildman–Crippen MR) is 306 cm³/mol. The van der Waals surface area contributed by atoms with E-state index >= 15 is 0 Å². The quantitative estimate of drug-likeness (QED) is 0.162. The first kappa shape index (κ1) is 44.2. The molecule has 0 bridgehead atoms. The molecule has 0 radical (unpaired) electrons. The fourth-order valence-corrected chi connectivity index (χ4v) is 11.4. The lowest BCUT2D eigenvalue weighted by Crippen LogP contribution is -2.10. The topological polar surface area (TPSA) is 40.5 Å². The van der Waals surface area contributed by atoms with E-state index in [0.717, 1.165) is 65.6 Å². The Kier molecular flexibility index (Phi) is 8.98. The molecule has 13 aromatic rings. The second-order valence-corrected chi connectivity index (χ2v) is 24.7. The Morgan fingerprint density at radius 2 is 0.722 bits per heavy atom. The standard InChI is InChI=1S/C67H59N3O2/c1-64(2,3)41-16-22-55-47(32-41)48-33-42(65(4,5)6)17-23-56(48)69(55)45-20-14-37-28-51-52-36-54(68-13)61-53-29-38-15-21-46(27-40(38)31-60(53)72-63(61)62(52)71-59(51)30-39(37)26-45)70-57-24-18-43(66(7,8)9)34-49(57)50-35-44(67(10,11)12)19-25-58(50)70/h14-36H,1-12H3. The monoisotopic (exact) mass is 937 g/mol. The van der Waals surface area contributed by atoms with Crippen molar-refractivity contribution in [2.45, 2.75) is 105 Å². The molecular formula is C67H59N3O2. The molecule has 0 saturated heterocycles. The van der Waals surface area contributed by atoms with Crippen LogP contribution in [0, 0.1) is 6.57 Å². The average molecular weight is 938 g/mol. The number of fused-ring (bicyclic) bond motifs is 15. The van der Waals surface area contributed by atoms with Crippen LogP contribution >= 0.6 is 0 Å². The summed E-state index contributed by atoms with van der Waals surface area (Å²) in [5.41, 5.74) is 15.6. The number of nitrogens with zero attached hydrogens (tertiary/aromatic N) is 3. The van der Waals surface area contributed by atoms with Gasteiger partial charge in [-0.2, -0.15) is 0 Å². The van der Waals surface area contributed by atoms with Crippen molar-refractivity contribution in [3.8, 4) is 11.4 Å². The third kappa shape index (κ3) is 6.57. The van der Waals surface area contributed by atoms with Crippen molar-refractivity contribution >= 4 is 115 Å². The summed E-state index contributed by atoms with van der Waals surface area (Å²) in [4.78, 5) is 4.12. The number of furan rings is 2. The van der Waals surface area contributed by atoms with E-state index in [1.54, 1.807) is 0 Å². The first-order valence-corrected chi connectivity index (χ1v) is 25.4. The zero-order chi connectivity index (χ0) is 50.1. The van der Waals surface area contributed by atoms with Crippen molar-refractivity contribution in [3.63, 3.8) is 0 Å². The molecule has 0 unspecified atom stereocenters. The van der Waals surface area contributed by atoms with Crippen LogP contribution in [-0.4, -0.2) is 9.13 Å². The molecule has 0 atom stereocenters. The highest BCUT2D eigenvalue weighted by atomic mass is 16.4. The Morgan fingerprint density at radius 1 is 0.347 bits per heavy atom. The van der Waals surface area contributed by atoms with E-state index < -0.39 is 0 Å². The molecule has 0 spiro atoms. The van der Waals surface area contributed by atoms with Gasteiger partial charge in [-0.25, -0.2) is 4.85 Å². The van der Waals surface area contributed by atoms with Crippen LogP contribution < -0.4 is 0 Å². The first-order valence-electron chi connectivity index (χ1n) is 25.4. The molecule has 354 valence electrons. The maximum absolute atomic E-state index is 8.44. The summed E-state index contributed by atoms with van der Waals surface area (Å²) in [5.74, 6) is 0. The average Bonchev–Trinajstić information content (AvgIpc) is 4.07. The molecule has 0 amide bonds. The lowest BCUT2D eigenvalue weighted by atomic mass is 9.85. The highest BCUT2D eigenvalue weighted by Gasteiger charge is 2.25. The third-order valence-electron chi connectivity index (χ3n) is 15.7. The second-order valence-electron chi connectivity index (χ2n) is 24.7.